The molecule has 0 unspecified atom stereocenters. The van der Waals surface area contributed by atoms with Crippen LogP contribution < -0.4 is 5.73 Å². The molecule has 0 bridgehead atoms. The minimum absolute atomic E-state index is 0.0854. The lowest BCUT2D eigenvalue weighted by atomic mass is 10.2. The predicted molar refractivity (Wildman–Crippen MR) is 81.9 cm³/mol. The summed E-state index contributed by atoms with van der Waals surface area (Å²) in [5.74, 6) is -0.0854. The zero-order valence-electron chi connectivity index (χ0n) is 12.3. The lowest BCUT2D eigenvalue weighted by molar-refractivity contribution is 0.0775. The van der Waals surface area contributed by atoms with E-state index in [9.17, 15) is 4.79 Å². The molecule has 2 aromatic heterocycles. The Kier molecular flexibility index (Phi) is 4.13. The van der Waals surface area contributed by atoms with Crippen molar-refractivity contribution < 1.29 is 4.79 Å². The number of carbonyl (C=O) groups excluding carboxylic acids is 1. The van der Waals surface area contributed by atoms with Crippen LogP contribution in [0.1, 0.15) is 33.5 Å². The van der Waals surface area contributed by atoms with Crippen molar-refractivity contribution in [1.82, 2.24) is 14.7 Å². The Bertz CT molecular complexity index is 629. The smallest absolute Gasteiger partial charge is 0.274 e. The van der Waals surface area contributed by atoms with Crippen molar-refractivity contribution in [2.45, 2.75) is 33.9 Å². The van der Waals surface area contributed by atoms with Crippen LogP contribution in [0.2, 0.25) is 0 Å². The van der Waals surface area contributed by atoms with Gasteiger partial charge >= 0.3 is 0 Å². The van der Waals surface area contributed by atoms with Crippen molar-refractivity contribution >= 4 is 22.9 Å². The Morgan fingerprint density at radius 2 is 2.20 bits per heavy atom. The number of rotatable bonds is 4. The fraction of sp³-hybridized carbons (Fsp3) is 0.429. The van der Waals surface area contributed by atoms with Gasteiger partial charge in [0.05, 0.1) is 17.9 Å². The van der Waals surface area contributed by atoms with Crippen LogP contribution in [0.3, 0.4) is 0 Å². The largest absolute Gasteiger partial charge is 0.395 e. The van der Waals surface area contributed by atoms with Crippen LogP contribution in [-0.2, 0) is 13.1 Å². The minimum atomic E-state index is -0.0854. The molecule has 1 amide bonds. The van der Waals surface area contributed by atoms with Gasteiger partial charge in [0, 0.05) is 18.5 Å². The molecule has 0 atom stereocenters. The standard InChI is InChI=1S/C14H20N4OS/c1-5-18-13(12(15)10(3)16-18)14(19)17(4)8-11-9(2)6-7-20-11/h6-7H,5,8,15H2,1-4H3. The van der Waals surface area contributed by atoms with E-state index in [1.54, 1.807) is 28.0 Å². The number of nitrogens with two attached hydrogens (primary N) is 1. The number of carbonyl (C=O) groups is 1. The summed E-state index contributed by atoms with van der Waals surface area (Å²) in [5, 5.41) is 6.33. The first-order chi connectivity index (χ1) is 9.45. The Morgan fingerprint density at radius 3 is 2.75 bits per heavy atom. The number of hydrogen-bond acceptors (Lipinski definition) is 4. The lowest BCUT2D eigenvalue weighted by Crippen LogP contribution is -2.29. The summed E-state index contributed by atoms with van der Waals surface area (Å²) in [5.41, 5.74) is 8.87. The second-order valence-electron chi connectivity index (χ2n) is 4.85. The van der Waals surface area contributed by atoms with Crippen molar-refractivity contribution in [2.75, 3.05) is 12.8 Å². The van der Waals surface area contributed by atoms with Crippen molar-refractivity contribution in [1.29, 1.82) is 0 Å². The number of nitrogens with zero attached hydrogens (tertiary/aromatic N) is 3. The summed E-state index contributed by atoms with van der Waals surface area (Å²) < 4.78 is 1.67. The molecular weight excluding hydrogens is 272 g/mol. The molecule has 2 heterocycles. The zero-order chi connectivity index (χ0) is 14.9. The highest BCUT2D eigenvalue weighted by Crippen LogP contribution is 2.21. The maximum absolute atomic E-state index is 12.6. The van der Waals surface area contributed by atoms with Gasteiger partial charge in [-0.05, 0) is 37.8 Å². The first kappa shape index (κ1) is 14.6. The molecule has 108 valence electrons. The van der Waals surface area contributed by atoms with Crippen LogP contribution >= 0.6 is 11.3 Å². The summed E-state index contributed by atoms with van der Waals surface area (Å²) in [6.07, 6.45) is 0. The Hall–Kier alpha value is -1.82. The van der Waals surface area contributed by atoms with Gasteiger partial charge in [-0.25, -0.2) is 0 Å². The molecule has 0 aliphatic rings. The second kappa shape index (κ2) is 5.66. The van der Waals surface area contributed by atoms with Crippen molar-refractivity contribution in [3.05, 3.63) is 33.3 Å². The van der Waals surface area contributed by atoms with Gasteiger partial charge in [-0.2, -0.15) is 5.10 Å². The number of amides is 1. The minimum Gasteiger partial charge on any atom is -0.395 e. The third-order valence-corrected chi connectivity index (χ3v) is 4.38. The quantitative estimate of drug-likeness (QED) is 0.941. The summed E-state index contributed by atoms with van der Waals surface area (Å²) >= 11 is 1.66. The van der Waals surface area contributed by atoms with Crippen molar-refractivity contribution in [3.63, 3.8) is 0 Å². The zero-order valence-corrected chi connectivity index (χ0v) is 13.1. The van der Waals surface area contributed by atoms with Gasteiger partial charge in [0.25, 0.3) is 5.91 Å². The number of aryl methyl sites for hydroxylation is 3. The molecule has 0 aliphatic carbocycles. The maximum Gasteiger partial charge on any atom is 0.274 e. The van der Waals surface area contributed by atoms with E-state index in [4.69, 9.17) is 5.73 Å². The molecule has 0 aliphatic heterocycles. The Labute approximate surface area is 123 Å². The average molecular weight is 292 g/mol. The van der Waals surface area contributed by atoms with E-state index in [1.807, 2.05) is 19.2 Å². The number of thiophene rings is 1. The molecule has 5 nitrogen and oxygen atoms in total. The average Bonchev–Trinajstić information content (AvgIpc) is 2.94. The van der Waals surface area contributed by atoms with E-state index in [-0.39, 0.29) is 5.91 Å². The van der Waals surface area contributed by atoms with Crippen LogP contribution in [0.5, 0.6) is 0 Å². The first-order valence-electron chi connectivity index (χ1n) is 6.57. The van der Waals surface area contributed by atoms with Crippen molar-refractivity contribution in [2.24, 2.45) is 0 Å². The van der Waals surface area contributed by atoms with Gasteiger partial charge < -0.3 is 10.6 Å². The van der Waals surface area contributed by atoms with E-state index < -0.39 is 0 Å². The highest BCUT2D eigenvalue weighted by Gasteiger charge is 2.22. The number of anilines is 1. The maximum atomic E-state index is 12.6. The monoisotopic (exact) mass is 292 g/mol. The molecule has 2 aromatic rings. The first-order valence-corrected chi connectivity index (χ1v) is 7.45. The third-order valence-electron chi connectivity index (χ3n) is 3.37. The summed E-state index contributed by atoms with van der Waals surface area (Å²) in [6, 6.07) is 2.06. The van der Waals surface area contributed by atoms with Crippen LogP contribution in [0.25, 0.3) is 0 Å². The summed E-state index contributed by atoms with van der Waals surface area (Å²) in [4.78, 5) is 15.5. The Morgan fingerprint density at radius 1 is 1.50 bits per heavy atom. The fourth-order valence-electron chi connectivity index (χ4n) is 2.08. The van der Waals surface area contributed by atoms with Crippen LogP contribution in [0, 0.1) is 13.8 Å². The molecule has 0 aromatic carbocycles. The topological polar surface area (TPSA) is 64.2 Å². The van der Waals surface area contributed by atoms with Crippen LogP contribution in [-0.4, -0.2) is 27.6 Å². The third kappa shape index (κ3) is 2.56. The van der Waals surface area contributed by atoms with Gasteiger partial charge in [-0.1, -0.05) is 0 Å². The van der Waals surface area contributed by atoms with Gasteiger partial charge in [-0.15, -0.1) is 11.3 Å². The van der Waals surface area contributed by atoms with E-state index >= 15 is 0 Å². The Balaban J connectivity index is 2.25. The van der Waals surface area contributed by atoms with E-state index in [1.165, 1.54) is 10.4 Å². The molecule has 20 heavy (non-hydrogen) atoms. The predicted octanol–water partition coefficient (Wildman–Crippen LogP) is 2.44. The highest BCUT2D eigenvalue weighted by molar-refractivity contribution is 7.10. The molecule has 0 saturated heterocycles. The van der Waals surface area contributed by atoms with E-state index in [2.05, 4.69) is 18.1 Å². The van der Waals surface area contributed by atoms with E-state index in [0.29, 0.717) is 30.2 Å². The van der Waals surface area contributed by atoms with Crippen LogP contribution in [0.15, 0.2) is 11.4 Å². The molecule has 0 spiro atoms. The molecule has 2 rings (SSSR count). The van der Waals surface area contributed by atoms with Crippen LogP contribution in [0.4, 0.5) is 5.69 Å². The number of aromatic nitrogens is 2. The summed E-state index contributed by atoms with van der Waals surface area (Å²) in [6.45, 7) is 7.05. The summed E-state index contributed by atoms with van der Waals surface area (Å²) in [7, 11) is 1.79. The van der Waals surface area contributed by atoms with Crippen molar-refractivity contribution in [3.8, 4) is 0 Å². The second-order valence-corrected chi connectivity index (χ2v) is 5.85. The fourth-order valence-corrected chi connectivity index (χ4v) is 3.04. The van der Waals surface area contributed by atoms with Gasteiger partial charge in [0.2, 0.25) is 0 Å². The van der Waals surface area contributed by atoms with Gasteiger partial charge in [0.15, 0.2) is 0 Å². The molecule has 2 N–H and O–H groups in total. The molecule has 6 heteroatoms. The number of nitrogen functional groups attached to an aromatic ring is 1. The molecule has 0 radical (unpaired) electrons. The van der Waals surface area contributed by atoms with Gasteiger partial charge in [-0.3, -0.25) is 9.48 Å². The highest BCUT2D eigenvalue weighted by atomic mass is 32.1. The molecule has 0 saturated carbocycles. The number of hydrogen-bond donors (Lipinski definition) is 1. The molecular formula is C14H20N4OS. The van der Waals surface area contributed by atoms with Gasteiger partial charge in [0.1, 0.15) is 5.69 Å². The normalized spacial score (nSPS) is 10.8. The lowest BCUT2D eigenvalue weighted by Gasteiger charge is -2.17. The molecule has 0 fully saturated rings. The SMILES string of the molecule is CCn1nc(C)c(N)c1C(=O)N(C)Cc1sccc1C. The van der Waals surface area contributed by atoms with E-state index in [0.717, 1.165) is 0 Å².